The molecule has 0 aliphatic carbocycles. The molecule has 1 aromatic heterocycles. The van der Waals surface area contributed by atoms with E-state index in [4.69, 9.17) is 16.3 Å². The zero-order valence-corrected chi connectivity index (χ0v) is 14.7. The maximum Gasteiger partial charge on any atom is 0.247 e. The van der Waals surface area contributed by atoms with Crippen molar-refractivity contribution in [2.45, 2.75) is 11.4 Å². The summed E-state index contributed by atoms with van der Waals surface area (Å²) in [5.74, 6) is 0.356. The second-order valence-corrected chi connectivity index (χ2v) is 6.47. The second kappa shape index (κ2) is 6.42. The van der Waals surface area contributed by atoms with E-state index < -0.39 is 6.23 Å². The predicted molar refractivity (Wildman–Crippen MR) is 97.2 cm³/mol. The number of aromatic hydroxyl groups is 1. The van der Waals surface area contributed by atoms with E-state index in [0.717, 1.165) is 11.3 Å². The summed E-state index contributed by atoms with van der Waals surface area (Å²) in [5.41, 5.74) is 2.82. The first-order valence-corrected chi connectivity index (χ1v) is 9.06. The number of nitrogens with one attached hydrogen (secondary N) is 1. The molecule has 1 aliphatic rings. The van der Waals surface area contributed by atoms with Gasteiger partial charge in [0.25, 0.3) is 0 Å². The zero-order chi connectivity index (χ0) is 17.4. The van der Waals surface area contributed by atoms with Crippen LogP contribution >= 0.6 is 23.4 Å². The van der Waals surface area contributed by atoms with E-state index in [2.05, 4.69) is 20.5 Å². The van der Waals surface area contributed by atoms with Gasteiger partial charge in [-0.15, -0.1) is 10.2 Å². The quantitative estimate of drug-likeness (QED) is 0.655. The summed E-state index contributed by atoms with van der Waals surface area (Å²) in [5, 5.41) is 22.3. The Balaban J connectivity index is 1.89. The number of benzene rings is 2. The van der Waals surface area contributed by atoms with Crippen molar-refractivity contribution < 1.29 is 9.84 Å². The molecule has 2 aromatic carbocycles. The molecule has 0 bridgehead atoms. The zero-order valence-electron chi connectivity index (χ0n) is 13.1. The van der Waals surface area contributed by atoms with Gasteiger partial charge in [0.1, 0.15) is 5.75 Å². The van der Waals surface area contributed by atoms with Crippen LogP contribution in [-0.2, 0) is 0 Å². The van der Waals surface area contributed by atoms with Crippen molar-refractivity contribution in [1.29, 1.82) is 0 Å². The molecule has 1 aliphatic heterocycles. The Morgan fingerprint density at radius 3 is 2.84 bits per heavy atom. The van der Waals surface area contributed by atoms with Crippen LogP contribution in [0.4, 0.5) is 5.69 Å². The molecule has 25 heavy (non-hydrogen) atoms. The SMILES string of the molecule is CSc1nnc2c(n1)O[C@@H](c1cccc(O)c1Cl)Nc1ccccc1-2. The summed E-state index contributed by atoms with van der Waals surface area (Å²) in [6, 6.07) is 12.7. The number of hydrogen-bond donors (Lipinski definition) is 2. The maximum absolute atomic E-state index is 9.92. The summed E-state index contributed by atoms with van der Waals surface area (Å²) in [6.45, 7) is 0. The Morgan fingerprint density at radius 2 is 2.00 bits per heavy atom. The highest BCUT2D eigenvalue weighted by molar-refractivity contribution is 7.98. The van der Waals surface area contributed by atoms with Crippen molar-refractivity contribution in [3.63, 3.8) is 0 Å². The van der Waals surface area contributed by atoms with Crippen molar-refractivity contribution >= 4 is 29.1 Å². The third-order valence-corrected chi connectivity index (χ3v) is 4.76. The molecule has 3 aromatic rings. The molecule has 0 amide bonds. The Kier molecular flexibility index (Phi) is 4.10. The molecular weight excluding hydrogens is 360 g/mol. The van der Waals surface area contributed by atoms with Crippen molar-refractivity contribution in [3.05, 3.63) is 53.1 Å². The Morgan fingerprint density at radius 1 is 1.16 bits per heavy atom. The molecule has 0 unspecified atom stereocenters. The summed E-state index contributed by atoms with van der Waals surface area (Å²) in [7, 11) is 0. The number of aromatic nitrogens is 3. The molecule has 0 fully saturated rings. The van der Waals surface area contributed by atoms with Crippen LogP contribution in [0.3, 0.4) is 0 Å². The second-order valence-electron chi connectivity index (χ2n) is 5.32. The van der Waals surface area contributed by atoms with E-state index in [1.807, 2.05) is 30.5 Å². The smallest absolute Gasteiger partial charge is 0.247 e. The molecule has 4 rings (SSSR count). The van der Waals surface area contributed by atoms with Gasteiger partial charge < -0.3 is 15.2 Å². The predicted octanol–water partition coefficient (Wildman–Crippen LogP) is 4.12. The van der Waals surface area contributed by atoms with Gasteiger partial charge in [0, 0.05) is 16.8 Å². The van der Waals surface area contributed by atoms with Gasteiger partial charge in [-0.05, 0) is 18.4 Å². The van der Waals surface area contributed by atoms with Crippen LogP contribution in [0.5, 0.6) is 11.6 Å². The van der Waals surface area contributed by atoms with Gasteiger partial charge in [-0.1, -0.05) is 53.7 Å². The van der Waals surface area contributed by atoms with Crippen LogP contribution < -0.4 is 10.1 Å². The number of hydrogen-bond acceptors (Lipinski definition) is 7. The number of rotatable bonds is 2. The normalized spacial score (nSPS) is 15.4. The van der Waals surface area contributed by atoms with E-state index in [0.29, 0.717) is 22.3 Å². The lowest BCUT2D eigenvalue weighted by molar-refractivity contribution is 0.225. The molecular formula is C17H13ClN4O2S. The third-order valence-electron chi connectivity index (χ3n) is 3.81. The first-order valence-electron chi connectivity index (χ1n) is 7.46. The number of nitrogens with zero attached hydrogens (tertiary/aromatic N) is 3. The van der Waals surface area contributed by atoms with Gasteiger partial charge in [-0.25, -0.2) is 0 Å². The minimum atomic E-state index is -0.631. The summed E-state index contributed by atoms with van der Waals surface area (Å²) in [4.78, 5) is 4.44. The van der Waals surface area contributed by atoms with E-state index >= 15 is 0 Å². The largest absolute Gasteiger partial charge is 0.506 e. The minimum absolute atomic E-state index is 0.00654. The summed E-state index contributed by atoms with van der Waals surface area (Å²) >= 11 is 7.65. The van der Waals surface area contributed by atoms with Crippen LogP contribution in [0, 0.1) is 0 Å². The number of ether oxygens (including phenoxy) is 1. The molecule has 0 saturated heterocycles. The van der Waals surface area contributed by atoms with Gasteiger partial charge in [-0.2, -0.15) is 4.98 Å². The van der Waals surface area contributed by atoms with Crippen LogP contribution in [0.25, 0.3) is 11.3 Å². The first kappa shape index (κ1) is 16.0. The first-order chi connectivity index (χ1) is 12.2. The fourth-order valence-electron chi connectivity index (χ4n) is 2.61. The Labute approximate surface area is 153 Å². The van der Waals surface area contributed by atoms with Gasteiger partial charge >= 0.3 is 0 Å². The minimum Gasteiger partial charge on any atom is -0.506 e. The standard InChI is InChI=1S/C17H13ClN4O2S/c1-25-17-20-16-14(21-22-17)9-5-2-3-7-11(9)19-15(24-16)10-6-4-8-12(23)13(10)18/h2-8,15,19,23H,1H3/t15-/m0/s1. The van der Waals surface area contributed by atoms with E-state index in [1.54, 1.807) is 12.1 Å². The van der Waals surface area contributed by atoms with E-state index in [1.165, 1.54) is 17.8 Å². The van der Waals surface area contributed by atoms with Gasteiger partial charge in [0.05, 0.1) is 5.02 Å². The summed E-state index contributed by atoms with van der Waals surface area (Å²) in [6.07, 6.45) is 1.24. The van der Waals surface area contributed by atoms with Crippen LogP contribution in [0.1, 0.15) is 11.8 Å². The Bertz CT molecular complexity index is 954. The van der Waals surface area contributed by atoms with Crippen molar-refractivity contribution in [2.75, 3.05) is 11.6 Å². The molecule has 1 atom stereocenters. The number of phenols is 1. The average molecular weight is 373 g/mol. The fourth-order valence-corrected chi connectivity index (χ4v) is 3.14. The number of anilines is 1. The summed E-state index contributed by atoms with van der Waals surface area (Å²) < 4.78 is 6.07. The van der Waals surface area contributed by atoms with Crippen LogP contribution in [-0.4, -0.2) is 26.5 Å². The van der Waals surface area contributed by atoms with Crippen LogP contribution in [0.15, 0.2) is 47.6 Å². The molecule has 126 valence electrons. The van der Waals surface area contributed by atoms with Gasteiger partial charge in [0.15, 0.2) is 11.9 Å². The number of halogens is 1. The highest BCUT2D eigenvalue weighted by Gasteiger charge is 2.27. The molecule has 0 saturated carbocycles. The van der Waals surface area contributed by atoms with Crippen molar-refractivity contribution in [2.24, 2.45) is 0 Å². The van der Waals surface area contributed by atoms with Gasteiger partial charge in [-0.3, -0.25) is 0 Å². The monoisotopic (exact) mass is 372 g/mol. The van der Waals surface area contributed by atoms with Gasteiger partial charge in [0.2, 0.25) is 11.0 Å². The highest BCUT2D eigenvalue weighted by Crippen LogP contribution is 2.41. The third kappa shape index (κ3) is 2.85. The lowest BCUT2D eigenvalue weighted by atomic mass is 10.1. The number of phenolic OH excluding ortho intramolecular Hbond substituents is 1. The maximum atomic E-state index is 9.92. The van der Waals surface area contributed by atoms with E-state index in [-0.39, 0.29) is 10.8 Å². The molecule has 0 spiro atoms. The number of thioether (sulfide) groups is 1. The van der Waals surface area contributed by atoms with Crippen LogP contribution in [0.2, 0.25) is 5.02 Å². The van der Waals surface area contributed by atoms with E-state index in [9.17, 15) is 5.11 Å². The number of para-hydroxylation sites is 1. The molecule has 2 heterocycles. The fraction of sp³-hybridized carbons (Fsp3) is 0.118. The topological polar surface area (TPSA) is 80.2 Å². The molecule has 6 nitrogen and oxygen atoms in total. The lowest BCUT2D eigenvalue weighted by Crippen LogP contribution is -2.17. The lowest BCUT2D eigenvalue weighted by Gasteiger charge is -2.20. The average Bonchev–Trinajstić information content (AvgIpc) is 2.80. The molecule has 0 radical (unpaired) electrons. The highest BCUT2D eigenvalue weighted by atomic mass is 35.5. The van der Waals surface area contributed by atoms with Crippen molar-refractivity contribution in [3.8, 4) is 22.9 Å². The molecule has 2 N–H and O–H groups in total. The number of fused-ring (bicyclic) bond motifs is 3. The Hall–Kier alpha value is -2.51. The van der Waals surface area contributed by atoms with Crippen molar-refractivity contribution in [1.82, 2.24) is 15.2 Å². The molecule has 8 heteroatoms.